The van der Waals surface area contributed by atoms with Crippen molar-refractivity contribution in [2.24, 2.45) is 5.73 Å². The van der Waals surface area contributed by atoms with Gasteiger partial charge >= 0.3 is 0 Å². The molecule has 2 N–H and O–H groups in total. The third-order valence-corrected chi connectivity index (χ3v) is 4.05. The van der Waals surface area contributed by atoms with Crippen LogP contribution in [0.5, 0.6) is 5.75 Å². The van der Waals surface area contributed by atoms with Gasteiger partial charge in [0.05, 0.1) is 18.8 Å². The highest BCUT2D eigenvalue weighted by Gasteiger charge is 2.41. The van der Waals surface area contributed by atoms with Gasteiger partial charge in [-0.3, -0.25) is 0 Å². The fraction of sp³-hybridized carbons (Fsp3) is 0.600. The second-order valence-corrected chi connectivity index (χ2v) is 5.52. The zero-order valence-corrected chi connectivity index (χ0v) is 11.4. The van der Waals surface area contributed by atoms with Crippen molar-refractivity contribution in [2.75, 3.05) is 19.8 Å². The fourth-order valence-corrected chi connectivity index (χ4v) is 2.95. The maximum absolute atomic E-state index is 13.2. The summed E-state index contributed by atoms with van der Waals surface area (Å²) in [5.41, 5.74) is 6.16. The minimum absolute atomic E-state index is 0.0706. The number of benzene rings is 1. The van der Waals surface area contributed by atoms with Crippen LogP contribution in [0.4, 0.5) is 4.39 Å². The lowest BCUT2D eigenvalue weighted by molar-refractivity contribution is -0.112. The highest BCUT2D eigenvalue weighted by molar-refractivity contribution is 5.34. The second-order valence-electron chi connectivity index (χ2n) is 5.52. The lowest BCUT2D eigenvalue weighted by Gasteiger charge is -2.37. The van der Waals surface area contributed by atoms with E-state index in [1.807, 2.05) is 0 Å². The molecule has 0 radical (unpaired) electrons. The summed E-state index contributed by atoms with van der Waals surface area (Å²) in [6.07, 6.45) is 2.64. The van der Waals surface area contributed by atoms with E-state index in [0.717, 1.165) is 25.9 Å². The maximum Gasteiger partial charge on any atom is 0.124 e. The average Bonchev–Trinajstić information content (AvgIpc) is 2.89. The van der Waals surface area contributed by atoms with Crippen molar-refractivity contribution in [2.45, 2.75) is 37.5 Å². The quantitative estimate of drug-likeness (QED) is 0.920. The van der Waals surface area contributed by atoms with Gasteiger partial charge in [-0.2, -0.15) is 0 Å². The molecule has 0 aromatic heterocycles. The van der Waals surface area contributed by atoms with Crippen molar-refractivity contribution < 1.29 is 18.6 Å². The molecule has 2 aliphatic rings. The van der Waals surface area contributed by atoms with E-state index in [9.17, 15) is 4.39 Å². The highest BCUT2D eigenvalue weighted by atomic mass is 19.1. The van der Waals surface area contributed by atoms with Gasteiger partial charge in [-0.05, 0) is 18.2 Å². The molecule has 2 saturated heterocycles. The number of hydrogen-bond donors (Lipinski definition) is 1. The van der Waals surface area contributed by atoms with E-state index in [4.69, 9.17) is 19.9 Å². The molecule has 2 fully saturated rings. The Kier molecular flexibility index (Phi) is 3.92. The summed E-state index contributed by atoms with van der Waals surface area (Å²) in [6, 6.07) is 4.50. The predicted octanol–water partition coefficient (Wildman–Crippen LogP) is 2.00. The zero-order valence-electron chi connectivity index (χ0n) is 11.4. The molecule has 0 saturated carbocycles. The van der Waals surface area contributed by atoms with Crippen LogP contribution in [0, 0.1) is 5.82 Å². The van der Waals surface area contributed by atoms with Crippen LogP contribution in [0.1, 0.15) is 24.8 Å². The van der Waals surface area contributed by atoms with Gasteiger partial charge in [0.1, 0.15) is 17.7 Å². The van der Waals surface area contributed by atoms with Gasteiger partial charge in [-0.1, -0.05) is 0 Å². The van der Waals surface area contributed by atoms with Crippen LogP contribution in [-0.2, 0) is 16.0 Å². The number of hydrogen-bond acceptors (Lipinski definition) is 4. The van der Waals surface area contributed by atoms with E-state index in [1.165, 1.54) is 12.1 Å². The molecule has 4 nitrogen and oxygen atoms in total. The van der Waals surface area contributed by atoms with Gasteiger partial charge in [-0.25, -0.2) is 4.39 Å². The van der Waals surface area contributed by atoms with E-state index in [0.29, 0.717) is 24.5 Å². The van der Waals surface area contributed by atoms with Gasteiger partial charge < -0.3 is 19.9 Å². The summed E-state index contributed by atoms with van der Waals surface area (Å²) < 4.78 is 30.6. The highest BCUT2D eigenvalue weighted by Crippen LogP contribution is 2.35. The summed E-state index contributed by atoms with van der Waals surface area (Å²) in [5.74, 6) is 0.389. The monoisotopic (exact) mass is 281 g/mol. The normalized spacial score (nSPS) is 29.8. The van der Waals surface area contributed by atoms with E-state index in [-0.39, 0.29) is 24.1 Å². The van der Waals surface area contributed by atoms with Crippen LogP contribution in [0.3, 0.4) is 0 Å². The molecule has 0 bridgehead atoms. The van der Waals surface area contributed by atoms with Crippen LogP contribution in [0.15, 0.2) is 18.2 Å². The first kappa shape index (κ1) is 13.8. The van der Waals surface area contributed by atoms with Crippen molar-refractivity contribution in [3.63, 3.8) is 0 Å². The van der Waals surface area contributed by atoms with E-state index in [1.54, 1.807) is 6.07 Å². The molecule has 3 rings (SSSR count). The van der Waals surface area contributed by atoms with Gasteiger partial charge in [0, 0.05) is 38.0 Å². The molecule has 2 aliphatic heterocycles. The summed E-state index contributed by atoms with van der Waals surface area (Å²) >= 11 is 0. The molecule has 2 unspecified atom stereocenters. The third-order valence-electron chi connectivity index (χ3n) is 4.05. The Morgan fingerprint density at radius 3 is 3.05 bits per heavy atom. The van der Waals surface area contributed by atoms with Crippen LogP contribution in [-0.4, -0.2) is 31.5 Å². The molecule has 5 heteroatoms. The lowest BCUT2D eigenvalue weighted by atomic mass is 9.91. The molecule has 0 amide bonds. The Morgan fingerprint density at radius 2 is 2.30 bits per heavy atom. The smallest absolute Gasteiger partial charge is 0.124 e. The summed E-state index contributed by atoms with van der Waals surface area (Å²) in [5, 5.41) is 0. The minimum Gasteiger partial charge on any atom is -0.490 e. The number of rotatable bonds is 3. The molecular formula is C15H20FNO3. The Morgan fingerprint density at radius 1 is 1.40 bits per heavy atom. The van der Waals surface area contributed by atoms with Gasteiger partial charge in [-0.15, -0.1) is 0 Å². The Balaban J connectivity index is 1.71. The molecule has 1 aromatic rings. The van der Waals surface area contributed by atoms with Crippen LogP contribution in [0.2, 0.25) is 0 Å². The second kappa shape index (κ2) is 5.68. The lowest BCUT2D eigenvalue weighted by Crippen LogP contribution is -2.44. The van der Waals surface area contributed by atoms with Crippen molar-refractivity contribution in [1.29, 1.82) is 0 Å². The van der Waals surface area contributed by atoms with E-state index in [2.05, 4.69) is 0 Å². The van der Waals surface area contributed by atoms with Crippen LogP contribution in [0.25, 0.3) is 0 Å². The van der Waals surface area contributed by atoms with Crippen molar-refractivity contribution in [1.82, 2.24) is 0 Å². The third kappa shape index (κ3) is 2.80. The summed E-state index contributed by atoms with van der Waals surface area (Å²) in [7, 11) is 0. The first-order valence-electron chi connectivity index (χ1n) is 7.08. The molecule has 110 valence electrons. The standard InChI is InChI=1S/C15H20FNO3/c16-12-1-2-14(11(7-12)9-17)20-13-3-5-19-15(8-13)4-6-18-10-15/h1-2,7,13H,3-6,8-10,17H2. The molecule has 20 heavy (non-hydrogen) atoms. The molecule has 2 heterocycles. The first-order chi connectivity index (χ1) is 9.71. The van der Waals surface area contributed by atoms with Gasteiger partial charge in [0.25, 0.3) is 0 Å². The predicted molar refractivity (Wildman–Crippen MR) is 72.1 cm³/mol. The molecule has 0 aliphatic carbocycles. The van der Waals surface area contributed by atoms with Crippen LogP contribution >= 0.6 is 0 Å². The van der Waals surface area contributed by atoms with E-state index >= 15 is 0 Å². The minimum atomic E-state index is -0.287. The zero-order chi connectivity index (χ0) is 14.0. The number of halogens is 1. The topological polar surface area (TPSA) is 53.7 Å². The first-order valence-corrected chi connectivity index (χ1v) is 7.08. The Labute approximate surface area is 118 Å². The molecule has 2 atom stereocenters. The number of ether oxygens (including phenoxy) is 3. The molecule has 1 aromatic carbocycles. The van der Waals surface area contributed by atoms with Crippen molar-refractivity contribution >= 4 is 0 Å². The summed E-state index contributed by atoms with van der Waals surface area (Å²) in [6.45, 7) is 2.33. The van der Waals surface area contributed by atoms with E-state index < -0.39 is 0 Å². The Hall–Kier alpha value is -1.17. The number of nitrogens with two attached hydrogens (primary N) is 1. The largest absolute Gasteiger partial charge is 0.490 e. The van der Waals surface area contributed by atoms with Crippen LogP contribution < -0.4 is 10.5 Å². The molecule has 1 spiro atoms. The molecular weight excluding hydrogens is 261 g/mol. The SMILES string of the molecule is NCc1cc(F)ccc1OC1CCOC2(CCOC2)C1. The van der Waals surface area contributed by atoms with Crippen molar-refractivity contribution in [3.05, 3.63) is 29.6 Å². The summed E-state index contributed by atoms with van der Waals surface area (Å²) in [4.78, 5) is 0. The van der Waals surface area contributed by atoms with Crippen molar-refractivity contribution in [3.8, 4) is 5.75 Å². The van der Waals surface area contributed by atoms with Gasteiger partial charge in [0.2, 0.25) is 0 Å². The Bertz CT molecular complexity index is 474. The maximum atomic E-state index is 13.2. The fourth-order valence-electron chi connectivity index (χ4n) is 2.95. The van der Waals surface area contributed by atoms with Gasteiger partial charge in [0.15, 0.2) is 0 Å². The average molecular weight is 281 g/mol.